The normalized spacial score (nSPS) is 18.6. The molecule has 0 spiro atoms. The van der Waals surface area contributed by atoms with E-state index in [9.17, 15) is 4.79 Å². The molecule has 2 aromatic carbocycles. The van der Waals surface area contributed by atoms with Crippen molar-refractivity contribution in [3.8, 4) is 11.5 Å². The highest BCUT2D eigenvalue weighted by atomic mass is 16.5. The number of anilines is 1. The van der Waals surface area contributed by atoms with E-state index in [1.165, 1.54) is 5.56 Å². The minimum atomic E-state index is 0.109. The van der Waals surface area contributed by atoms with Gasteiger partial charge in [-0.05, 0) is 55.2 Å². The lowest BCUT2D eigenvalue weighted by atomic mass is 10.1. The summed E-state index contributed by atoms with van der Waals surface area (Å²) >= 11 is 0. The van der Waals surface area contributed by atoms with Gasteiger partial charge in [-0.2, -0.15) is 0 Å². The number of carbonyl (C=O) groups is 1. The van der Waals surface area contributed by atoms with Gasteiger partial charge in [0.15, 0.2) is 0 Å². The van der Waals surface area contributed by atoms with E-state index in [-0.39, 0.29) is 17.2 Å². The summed E-state index contributed by atoms with van der Waals surface area (Å²) in [6.45, 7) is 6.29. The summed E-state index contributed by atoms with van der Waals surface area (Å²) in [5.74, 6) is 1.81. The largest absolute Gasteiger partial charge is 0.457 e. The molecule has 1 aliphatic carbocycles. The minimum absolute atomic E-state index is 0.109. The van der Waals surface area contributed by atoms with E-state index in [1.54, 1.807) is 0 Å². The topological polar surface area (TPSA) is 38.3 Å². The Morgan fingerprint density at radius 2 is 1.55 bits per heavy atom. The third-order valence-corrected chi connectivity index (χ3v) is 4.21. The molecule has 0 heterocycles. The summed E-state index contributed by atoms with van der Waals surface area (Å²) in [6.07, 6.45) is 0.966. The first kappa shape index (κ1) is 14.6. The van der Waals surface area contributed by atoms with Gasteiger partial charge < -0.3 is 10.1 Å². The molecular formula is C19H21NO2. The van der Waals surface area contributed by atoms with Crippen molar-refractivity contribution in [2.24, 2.45) is 11.3 Å². The van der Waals surface area contributed by atoms with Crippen molar-refractivity contribution < 1.29 is 9.53 Å². The van der Waals surface area contributed by atoms with Gasteiger partial charge in [0.05, 0.1) is 0 Å². The van der Waals surface area contributed by atoms with E-state index in [1.807, 2.05) is 55.5 Å². The Bertz CT molecular complexity index is 672. The van der Waals surface area contributed by atoms with Crippen LogP contribution >= 0.6 is 0 Å². The average molecular weight is 295 g/mol. The van der Waals surface area contributed by atoms with Crippen molar-refractivity contribution in [1.82, 2.24) is 0 Å². The van der Waals surface area contributed by atoms with Crippen LogP contribution in [0.2, 0.25) is 0 Å². The lowest BCUT2D eigenvalue weighted by Crippen LogP contribution is -2.16. The molecule has 22 heavy (non-hydrogen) atoms. The molecule has 0 bridgehead atoms. The zero-order valence-electron chi connectivity index (χ0n) is 13.2. The molecule has 1 unspecified atom stereocenters. The van der Waals surface area contributed by atoms with E-state index >= 15 is 0 Å². The molecule has 1 aliphatic rings. The lowest BCUT2D eigenvalue weighted by molar-refractivity contribution is -0.118. The van der Waals surface area contributed by atoms with Crippen LogP contribution in [0.3, 0.4) is 0 Å². The summed E-state index contributed by atoms with van der Waals surface area (Å²) in [7, 11) is 0. The van der Waals surface area contributed by atoms with Crippen LogP contribution in [-0.4, -0.2) is 5.91 Å². The summed E-state index contributed by atoms with van der Waals surface area (Å²) < 4.78 is 5.77. The number of benzene rings is 2. The molecule has 1 saturated carbocycles. The Balaban J connectivity index is 1.60. The molecule has 1 N–H and O–H groups in total. The maximum absolute atomic E-state index is 12.1. The molecule has 1 amide bonds. The van der Waals surface area contributed by atoms with Crippen LogP contribution < -0.4 is 10.1 Å². The Morgan fingerprint density at radius 1 is 1.05 bits per heavy atom. The van der Waals surface area contributed by atoms with E-state index < -0.39 is 0 Å². The third kappa shape index (κ3) is 3.30. The van der Waals surface area contributed by atoms with Crippen LogP contribution in [0.1, 0.15) is 25.8 Å². The van der Waals surface area contributed by atoms with E-state index in [2.05, 4.69) is 19.2 Å². The fourth-order valence-corrected chi connectivity index (χ4v) is 2.49. The number of amides is 1. The zero-order valence-corrected chi connectivity index (χ0v) is 13.2. The first-order valence-corrected chi connectivity index (χ1v) is 7.59. The van der Waals surface area contributed by atoms with Crippen LogP contribution in [0.5, 0.6) is 11.5 Å². The van der Waals surface area contributed by atoms with Crippen molar-refractivity contribution in [2.45, 2.75) is 27.2 Å². The molecule has 3 rings (SSSR count). The van der Waals surface area contributed by atoms with Crippen LogP contribution in [-0.2, 0) is 4.79 Å². The van der Waals surface area contributed by atoms with E-state index in [0.717, 1.165) is 23.6 Å². The number of aryl methyl sites for hydroxylation is 1. The highest BCUT2D eigenvalue weighted by Crippen LogP contribution is 2.52. The highest BCUT2D eigenvalue weighted by Gasteiger charge is 2.50. The van der Waals surface area contributed by atoms with Gasteiger partial charge in [0.25, 0.3) is 0 Å². The molecule has 0 radical (unpaired) electrons. The van der Waals surface area contributed by atoms with E-state index in [0.29, 0.717) is 0 Å². The van der Waals surface area contributed by atoms with Crippen LogP contribution in [0.25, 0.3) is 0 Å². The Hall–Kier alpha value is -2.29. The number of nitrogens with one attached hydrogen (secondary N) is 1. The maximum Gasteiger partial charge on any atom is 0.228 e. The number of hydrogen-bond acceptors (Lipinski definition) is 2. The molecule has 0 saturated heterocycles. The van der Waals surface area contributed by atoms with Crippen molar-refractivity contribution >= 4 is 11.6 Å². The Labute approximate surface area is 131 Å². The second-order valence-corrected chi connectivity index (χ2v) is 6.67. The first-order valence-electron chi connectivity index (χ1n) is 7.59. The first-order chi connectivity index (χ1) is 10.4. The average Bonchev–Trinajstić information content (AvgIpc) is 3.13. The number of rotatable bonds is 4. The van der Waals surface area contributed by atoms with Gasteiger partial charge >= 0.3 is 0 Å². The Morgan fingerprint density at radius 3 is 2.05 bits per heavy atom. The number of hydrogen-bond donors (Lipinski definition) is 1. The second-order valence-electron chi connectivity index (χ2n) is 6.67. The SMILES string of the molecule is Cc1ccc(Oc2ccc(NC(=O)C3CC3(C)C)cc2)cc1. The van der Waals surface area contributed by atoms with Crippen molar-refractivity contribution in [3.63, 3.8) is 0 Å². The molecule has 3 nitrogen and oxygen atoms in total. The molecule has 0 aromatic heterocycles. The molecule has 114 valence electrons. The smallest absolute Gasteiger partial charge is 0.228 e. The lowest BCUT2D eigenvalue weighted by Gasteiger charge is -2.09. The molecule has 1 atom stereocenters. The van der Waals surface area contributed by atoms with E-state index in [4.69, 9.17) is 4.74 Å². The summed E-state index contributed by atoms with van der Waals surface area (Å²) in [6, 6.07) is 15.4. The third-order valence-electron chi connectivity index (χ3n) is 4.21. The molecule has 0 aliphatic heterocycles. The van der Waals surface area contributed by atoms with Gasteiger partial charge in [0.2, 0.25) is 5.91 Å². The molecule has 1 fully saturated rings. The molecule has 3 heteroatoms. The molecular weight excluding hydrogens is 274 g/mol. The van der Waals surface area contributed by atoms with Crippen molar-refractivity contribution in [2.75, 3.05) is 5.32 Å². The summed E-state index contributed by atoms with van der Waals surface area (Å²) in [5.41, 5.74) is 2.16. The fraction of sp³-hybridized carbons (Fsp3) is 0.316. The zero-order chi connectivity index (χ0) is 15.7. The van der Waals surface area contributed by atoms with Crippen molar-refractivity contribution in [3.05, 3.63) is 54.1 Å². The summed E-state index contributed by atoms with van der Waals surface area (Å²) in [5, 5.41) is 2.96. The monoisotopic (exact) mass is 295 g/mol. The number of ether oxygens (including phenoxy) is 1. The quantitative estimate of drug-likeness (QED) is 0.882. The maximum atomic E-state index is 12.1. The van der Waals surface area contributed by atoms with Crippen LogP contribution in [0, 0.1) is 18.3 Å². The van der Waals surface area contributed by atoms with Gasteiger partial charge in [-0.25, -0.2) is 0 Å². The predicted octanol–water partition coefficient (Wildman–Crippen LogP) is 4.77. The van der Waals surface area contributed by atoms with Gasteiger partial charge in [-0.15, -0.1) is 0 Å². The predicted molar refractivity (Wildman–Crippen MR) is 88.2 cm³/mol. The van der Waals surface area contributed by atoms with Gasteiger partial charge in [0.1, 0.15) is 11.5 Å². The highest BCUT2D eigenvalue weighted by molar-refractivity contribution is 5.95. The fourth-order valence-electron chi connectivity index (χ4n) is 2.49. The van der Waals surface area contributed by atoms with Gasteiger partial charge in [-0.1, -0.05) is 31.5 Å². The summed E-state index contributed by atoms with van der Waals surface area (Å²) in [4.78, 5) is 12.1. The minimum Gasteiger partial charge on any atom is -0.457 e. The Kier molecular flexibility index (Phi) is 3.65. The van der Waals surface area contributed by atoms with Gasteiger partial charge in [-0.3, -0.25) is 4.79 Å². The standard InChI is InChI=1S/C19H21NO2/c1-13-4-8-15(9-5-13)22-16-10-6-14(7-11-16)20-18(21)17-12-19(17,2)3/h4-11,17H,12H2,1-3H3,(H,20,21). The molecule has 2 aromatic rings. The van der Waals surface area contributed by atoms with Crippen molar-refractivity contribution in [1.29, 1.82) is 0 Å². The van der Waals surface area contributed by atoms with Crippen LogP contribution in [0.15, 0.2) is 48.5 Å². The van der Waals surface area contributed by atoms with Gasteiger partial charge in [0, 0.05) is 11.6 Å². The van der Waals surface area contributed by atoms with Crippen LogP contribution in [0.4, 0.5) is 5.69 Å². The number of carbonyl (C=O) groups excluding carboxylic acids is 1. The second kappa shape index (κ2) is 5.48.